The Bertz CT molecular complexity index is 325. The van der Waals surface area contributed by atoms with Gasteiger partial charge in [0.1, 0.15) is 5.60 Å². The Morgan fingerprint density at radius 3 is 2.42 bits per heavy atom. The molecule has 1 amide bonds. The number of carbonyl (C=O) groups excluding carboxylic acids is 1. The predicted molar refractivity (Wildman–Crippen MR) is 62.6 cm³/mol. The zero-order valence-electron chi connectivity index (χ0n) is 11.3. The van der Waals surface area contributed by atoms with Crippen LogP contribution in [0.3, 0.4) is 0 Å². The number of hydrogen-bond donors (Lipinski definition) is 1. The van der Waals surface area contributed by atoms with Gasteiger partial charge in [0.05, 0.1) is 0 Å². The molecule has 1 aliphatic heterocycles. The average Bonchev–Trinajstić information content (AvgIpc) is 2.24. The monoisotopic (exact) mass is 283 g/mol. The van der Waals surface area contributed by atoms with Crippen molar-refractivity contribution in [2.24, 2.45) is 5.92 Å². The smallest absolute Gasteiger partial charge is 0.414 e. The summed E-state index contributed by atoms with van der Waals surface area (Å²) in [5.41, 5.74) is -0.688. The Kier molecular flexibility index (Phi) is 4.71. The third-order valence-electron chi connectivity index (χ3n) is 2.89. The molecule has 0 radical (unpaired) electrons. The van der Waals surface area contributed by atoms with Crippen LogP contribution in [0.4, 0.5) is 18.0 Å². The predicted octanol–water partition coefficient (Wildman–Crippen LogP) is 2.56. The van der Waals surface area contributed by atoms with Crippen LogP contribution in [0.5, 0.6) is 0 Å². The quantitative estimate of drug-likeness (QED) is 0.804. The number of alkyl halides is 3. The number of amides is 1. The van der Waals surface area contributed by atoms with Crippen molar-refractivity contribution in [1.82, 2.24) is 4.90 Å². The Balaban J connectivity index is 2.62. The largest absolute Gasteiger partial charge is 0.444 e. The van der Waals surface area contributed by atoms with Gasteiger partial charge in [-0.15, -0.1) is 0 Å². The van der Waals surface area contributed by atoms with E-state index < -0.39 is 29.9 Å². The average molecular weight is 283 g/mol. The molecule has 0 spiro atoms. The van der Waals surface area contributed by atoms with Gasteiger partial charge in [-0.2, -0.15) is 13.2 Å². The van der Waals surface area contributed by atoms with Crippen LogP contribution in [0.2, 0.25) is 0 Å². The lowest BCUT2D eigenvalue weighted by atomic mass is 9.92. The van der Waals surface area contributed by atoms with E-state index >= 15 is 0 Å². The first-order valence-electron chi connectivity index (χ1n) is 6.23. The molecule has 0 bridgehead atoms. The van der Waals surface area contributed by atoms with Gasteiger partial charge in [0.25, 0.3) is 0 Å². The van der Waals surface area contributed by atoms with E-state index in [1.165, 1.54) is 4.90 Å². The van der Waals surface area contributed by atoms with Crippen molar-refractivity contribution in [3.05, 3.63) is 0 Å². The highest BCUT2D eigenvalue weighted by atomic mass is 19.4. The summed E-state index contributed by atoms with van der Waals surface area (Å²) >= 11 is 0. The molecule has 19 heavy (non-hydrogen) atoms. The molecule has 1 aliphatic rings. The van der Waals surface area contributed by atoms with Crippen molar-refractivity contribution in [2.45, 2.75) is 51.5 Å². The van der Waals surface area contributed by atoms with Gasteiger partial charge in [-0.05, 0) is 33.6 Å². The number of piperidine rings is 1. The van der Waals surface area contributed by atoms with Crippen LogP contribution in [0, 0.1) is 5.92 Å². The van der Waals surface area contributed by atoms with Crippen molar-refractivity contribution in [3.63, 3.8) is 0 Å². The standard InChI is InChI=1S/C12H20F3NO3/c1-11(2,3)19-10(18)16-6-4-5-8(7-16)9(17)12(13,14)15/h8-9,17H,4-7H2,1-3H3/t8-,9-/m1/s1. The molecular weight excluding hydrogens is 263 g/mol. The van der Waals surface area contributed by atoms with Gasteiger partial charge in [-0.1, -0.05) is 0 Å². The summed E-state index contributed by atoms with van der Waals surface area (Å²) in [7, 11) is 0. The normalized spacial score (nSPS) is 23.1. The Labute approximate surface area is 110 Å². The summed E-state index contributed by atoms with van der Waals surface area (Å²) in [4.78, 5) is 13.0. The number of rotatable bonds is 1. The van der Waals surface area contributed by atoms with Gasteiger partial charge >= 0.3 is 12.3 Å². The van der Waals surface area contributed by atoms with Gasteiger partial charge in [0.2, 0.25) is 0 Å². The van der Waals surface area contributed by atoms with Crippen molar-refractivity contribution >= 4 is 6.09 Å². The molecule has 0 unspecified atom stereocenters. The second-order valence-corrected chi connectivity index (χ2v) is 5.82. The molecule has 112 valence electrons. The van der Waals surface area contributed by atoms with Crippen LogP contribution < -0.4 is 0 Å². The topological polar surface area (TPSA) is 49.8 Å². The maximum Gasteiger partial charge on any atom is 0.414 e. The molecule has 2 atom stereocenters. The van der Waals surface area contributed by atoms with E-state index in [0.29, 0.717) is 13.0 Å². The van der Waals surface area contributed by atoms with Crippen LogP contribution in [0.25, 0.3) is 0 Å². The zero-order valence-corrected chi connectivity index (χ0v) is 11.3. The fraction of sp³-hybridized carbons (Fsp3) is 0.917. The van der Waals surface area contributed by atoms with Crippen molar-refractivity contribution < 1.29 is 27.8 Å². The number of hydrogen-bond acceptors (Lipinski definition) is 3. The minimum Gasteiger partial charge on any atom is -0.444 e. The number of nitrogens with zero attached hydrogens (tertiary/aromatic N) is 1. The molecule has 1 saturated heterocycles. The van der Waals surface area contributed by atoms with Gasteiger partial charge in [-0.25, -0.2) is 4.79 Å². The highest BCUT2D eigenvalue weighted by molar-refractivity contribution is 5.68. The Hall–Kier alpha value is -0.980. The number of halogens is 3. The minimum absolute atomic E-state index is 0.129. The molecule has 0 aliphatic carbocycles. The highest BCUT2D eigenvalue weighted by Crippen LogP contribution is 2.31. The lowest BCUT2D eigenvalue weighted by Gasteiger charge is -2.36. The van der Waals surface area contributed by atoms with Crippen LogP contribution >= 0.6 is 0 Å². The fourth-order valence-corrected chi connectivity index (χ4v) is 2.03. The van der Waals surface area contributed by atoms with Crippen molar-refractivity contribution in [3.8, 4) is 0 Å². The second-order valence-electron chi connectivity index (χ2n) is 5.82. The first-order chi connectivity index (χ1) is 8.50. The molecule has 0 aromatic heterocycles. The molecule has 0 aromatic carbocycles. The molecule has 1 rings (SSSR count). The van der Waals surface area contributed by atoms with Crippen molar-refractivity contribution in [1.29, 1.82) is 0 Å². The molecule has 1 fully saturated rings. The number of aliphatic hydroxyl groups is 1. The van der Waals surface area contributed by atoms with Gasteiger partial charge < -0.3 is 14.7 Å². The zero-order chi connectivity index (χ0) is 14.8. The number of carbonyl (C=O) groups is 1. The molecular formula is C12H20F3NO3. The summed E-state index contributed by atoms with van der Waals surface area (Å²) < 4.78 is 42.5. The van der Waals surface area contributed by atoms with E-state index in [1.807, 2.05) is 0 Å². The van der Waals surface area contributed by atoms with Crippen LogP contribution in [-0.4, -0.2) is 47.1 Å². The van der Waals surface area contributed by atoms with Crippen LogP contribution in [0.1, 0.15) is 33.6 Å². The third kappa shape index (κ3) is 4.89. The summed E-state index contributed by atoms with van der Waals surface area (Å²) in [6.45, 7) is 5.30. The van der Waals surface area contributed by atoms with E-state index in [0.717, 1.165) is 0 Å². The van der Waals surface area contributed by atoms with Gasteiger partial charge in [-0.3, -0.25) is 0 Å². The molecule has 0 aromatic rings. The second kappa shape index (κ2) is 5.56. The summed E-state index contributed by atoms with van der Waals surface area (Å²) in [5.74, 6) is -0.985. The first-order valence-corrected chi connectivity index (χ1v) is 6.23. The fourth-order valence-electron chi connectivity index (χ4n) is 2.03. The maximum atomic E-state index is 12.4. The SMILES string of the molecule is CC(C)(C)OC(=O)N1CCC[C@@H]([C@@H](O)C(F)(F)F)C1. The maximum absolute atomic E-state index is 12.4. The minimum atomic E-state index is -4.65. The number of aliphatic hydroxyl groups excluding tert-OH is 1. The van der Waals surface area contributed by atoms with Gasteiger partial charge in [0, 0.05) is 19.0 Å². The lowest BCUT2D eigenvalue weighted by Crippen LogP contribution is -2.48. The summed E-state index contributed by atoms with van der Waals surface area (Å²) in [6.07, 6.45) is -7.00. The van der Waals surface area contributed by atoms with Crippen LogP contribution in [-0.2, 0) is 4.74 Å². The molecule has 7 heteroatoms. The van der Waals surface area contributed by atoms with E-state index in [2.05, 4.69) is 0 Å². The highest BCUT2D eigenvalue weighted by Gasteiger charge is 2.45. The van der Waals surface area contributed by atoms with E-state index in [9.17, 15) is 23.1 Å². The molecule has 4 nitrogen and oxygen atoms in total. The molecule has 1 heterocycles. The first kappa shape index (κ1) is 16.1. The Morgan fingerprint density at radius 2 is 1.95 bits per heavy atom. The summed E-state index contributed by atoms with van der Waals surface area (Å²) in [6, 6.07) is 0. The van der Waals surface area contributed by atoms with E-state index in [1.54, 1.807) is 20.8 Å². The lowest BCUT2D eigenvalue weighted by molar-refractivity contribution is -0.223. The number of likely N-dealkylation sites (tertiary alicyclic amines) is 1. The number of ether oxygens (including phenoxy) is 1. The summed E-state index contributed by atoms with van der Waals surface area (Å²) in [5, 5.41) is 9.24. The Morgan fingerprint density at radius 1 is 1.37 bits per heavy atom. The third-order valence-corrected chi connectivity index (χ3v) is 2.89. The van der Waals surface area contributed by atoms with Gasteiger partial charge in [0.15, 0.2) is 6.10 Å². The van der Waals surface area contributed by atoms with Crippen molar-refractivity contribution in [2.75, 3.05) is 13.1 Å². The molecule has 0 saturated carbocycles. The van der Waals surface area contributed by atoms with E-state index in [4.69, 9.17) is 4.74 Å². The van der Waals surface area contributed by atoms with Crippen LogP contribution in [0.15, 0.2) is 0 Å². The van der Waals surface area contributed by atoms with E-state index in [-0.39, 0.29) is 13.0 Å². The molecule has 1 N–H and O–H groups in total.